The summed E-state index contributed by atoms with van der Waals surface area (Å²) < 4.78 is 34.0. The molecule has 2 unspecified atom stereocenters. The van der Waals surface area contributed by atoms with Gasteiger partial charge < -0.3 is 21.0 Å². The third-order valence-electron chi connectivity index (χ3n) is 4.41. The number of nitrogen functional groups attached to an aromatic ring is 1. The summed E-state index contributed by atoms with van der Waals surface area (Å²) in [5, 5.41) is 23.7. The first kappa shape index (κ1) is 24.0. The molecule has 2 amide bonds. The van der Waals surface area contributed by atoms with Crippen LogP contribution in [0.25, 0.3) is 0 Å². The van der Waals surface area contributed by atoms with Crippen molar-refractivity contribution in [2.75, 3.05) is 5.73 Å². The number of aliphatic carboxylic acids is 1. The Hall–Kier alpha value is -3.64. The quantitative estimate of drug-likeness (QED) is 0.127. The molecule has 0 aliphatic carbocycles. The molecule has 0 spiro atoms. The lowest BCUT2D eigenvalue weighted by Crippen LogP contribution is -2.73. The number of amides is 2. The minimum Gasteiger partial charge on any atom is -0.478 e. The van der Waals surface area contributed by atoms with E-state index < -0.39 is 51.5 Å². The monoisotopic (exact) mass is 502 g/mol. The Morgan fingerprint density at radius 1 is 1.42 bits per heavy atom. The van der Waals surface area contributed by atoms with E-state index in [1.54, 1.807) is 0 Å². The minimum atomic E-state index is -4.92. The van der Waals surface area contributed by atoms with Gasteiger partial charge in [-0.15, -0.1) is 16.4 Å². The first-order chi connectivity index (χ1) is 15.3. The fraction of sp³-hybridized carbons (Fsp3) is 0.400. The van der Waals surface area contributed by atoms with Crippen LogP contribution in [0.5, 0.6) is 0 Å². The van der Waals surface area contributed by atoms with Crippen LogP contribution >= 0.6 is 11.3 Å². The maximum absolute atomic E-state index is 12.9. The molecule has 1 saturated heterocycles. The maximum Gasteiger partial charge on any atom is 0.362 e. The number of hydrogen-bond donors (Lipinski definition) is 4. The summed E-state index contributed by atoms with van der Waals surface area (Å²) in [6, 6.07) is -2.64. The van der Waals surface area contributed by atoms with Crippen LogP contribution in [-0.2, 0) is 36.1 Å². The number of thiazole rings is 1. The van der Waals surface area contributed by atoms with Gasteiger partial charge in [-0.1, -0.05) is 10.4 Å². The van der Waals surface area contributed by atoms with Crippen molar-refractivity contribution in [2.45, 2.75) is 38.1 Å². The Morgan fingerprint density at radius 2 is 2.12 bits per heavy atom. The molecule has 3 rings (SSSR count). The number of aromatic nitrogens is 4. The molecule has 1 fully saturated rings. The molecule has 18 heteroatoms. The lowest BCUT2D eigenvalue weighted by molar-refractivity contribution is -0.161. The number of carbonyl (C=O) groups is 3. The van der Waals surface area contributed by atoms with Crippen LogP contribution in [0.15, 0.2) is 22.9 Å². The van der Waals surface area contributed by atoms with Gasteiger partial charge in [-0.25, -0.2) is 14.1 Å². The molecule has 0 bridgehead atoms. The summed E-state index contributed by atoms with van der Waals surface area (Å²) in [5.74, 6) is -3.51. The average molecular weight is 502 g/mol. The first-order valence-corrected chi connectivity index (χ1v) is 11.3. The van der Waals surface area contributed by atoms with Crippen LogP contribution in [0.4, 0.5) is 5.13 Å². The Bertz CT molecular complexity index is 1210. The number of hydrogen-bond acceptors (Lipinski definition) is 12. The summed E-state index contributed by atoms with van der Waals surface area (Å²) in [5.41, 5.74) is 3.21. The number of anilines is 1. The van der Waals surface area contributed by atoms with E-state index >= 15 is 0 Å². The number of carbonyl (C=O) groups excluding carboxylic acids is 2. The van der Waals surface area contributed by atoms with Gasteiger partial charge in [0.2, 0.25) is 5.60 Å². The van der Waals surface area contributed by atoms with Crippen molar-refractivity contribution in [3.8, 4) is 0 Å². The van der Waals surface area contributed by atoms with E-state index in [0.717, 1.165) is 11.3 Å². The third kappa shape index (κ3) is 5.07. The standard InChI is InChI=1S/C15H18N8O8S2/c1-15(2,13(26)27)31-20-9(7-6-32-14(16)18-7)11(24)19-10-8(5-22-4-3-17-21-22)23(12(10)25)33(28,29)30/h3-4,6,8,10H,5H2,1-2H3,(H2,16,18)(H,19,24)(H,26,27)(H,28,29,30). The van der Waals surface area contributed by atoms with Crippen LogP contribution in [0.2, 0.25) is 0 Å². The van der Waals surface area contributed by atoms with E-state index in [4.69, 9.17) is 10.6 Å². The lowest BCUT2D eigenvalue weighted by Gasteiger charge is -2.43. The Kier molecular flexibility index (Phi) is 6.34. The van der Waals surface area contributed by atoms with Gasteiger partial charge in [-0.2, -0.15) is 8.42 Å². The summed E-state index contributed by atoms with van der Waals surface area (Å²) >= 11 is 0.964. The van der Waals surface area contributed by atoms with Gasteiger partial charge in [-0.3, -0.25) is 18.8 Å². The fourth-order valence-electron chi connectivity index (χ4n) is 2.67. The van der Waals surface area contributed by atoms with Gasteiger partial charge in [0.25, 0.3) is 11.8 Å². The summed E-state index contributed by atoms with van der Waals surface area (Å²) in [7, 11) is -4.92. The van der Waals surface area contributed by atoms with Crippen LogP contribution in [0.1, 0.15) is 19.5 Å². The molecule has 2 aromatic heterocycles. The SMILES string of the molecule is CC(C)(ON=C(C(=O)NC1C(=O)N(S(=O)(=O)O)C1Cn1ccnn1)c1csc(N)n1)C(=O)O. The predicted octanol–water partition coefficient (Wildman–Crippen LogP) is -1.90. The summed E-state index contributed by atoms with van der Waals surface area (Å²) in [4.78, 5) is 45.5. The Labute approximate surface area is 189 Å². The minimum absolute atomic E-state index is 0.0672. The molecule has 178 valence electrons. The van der Waals surface area contributed by atoms with Crippen molar-refractivity contribution in [2.24, 2.45) is 5.16 Å². The molecule has 16 nitrogen and oxygen atoms in total. The van der Waals surface area contributed by atoms with Gasteiger partial charge >= 0.3 is 16.3 Å². The highest BCUT2D eigenvalue weighted by atomic mass is 32.2. The highest BCUT2D eigenvalue weighted by Crippen LogP contribution is 2.25. The van der Waals surface area contributed by atoms with Crippen molar-refractivity contribution in [3.05, 3.63) is 23.5 Å². The van der Waals surface area contributed by atoms with Crippen molar-refractivity contribution < 1.29 is 37.3 Å². The fourth-order valence-corrected chi connectivity index (χ4v) is 4.09. The van der Waals surface area contributed by atoms with Crippen LogP contribution in [-0.4, -0.2) is 83.5 Å². The number of nitrogens with one attached hydrogen (secondary N) is 1. The normalized spacial score (nSPS) is 19.2. The number of oxime groups is 1. The number of carboxylic acid groups (broad SMARTS) is 1. The highest BCUT2D eigenvalue weighted by Gasteiger charge is 2.54. The lowest BCUT2D eigenvalue weighted by atomic mass is 9.98. The first-order valence-electron chi connectivity index (χ1n) is 8.98. The van der Waals surface area contributed by atoms with Crippen LogP contribution in [0, 0.1) is 0 Å². The van der Waals surface area contributed by atoms with E-state index in [0.29, 0.717) is 0 Å². The largest absolute Gasteiger partial charge is 0.478 e. The molecule has 2 atom stereocenters. The highest BCUT2D eigenvalue weighted by molar-refractivity contribution is 7.84. The molecule has 1 aliphatic heterocycles. The van der Waals surface area contributed by atoms with Gasteiger partial charge in [0, 0.05) is 11.6 Å². The molecule has 0 saturated carbocycles. The molecular formula is C15H18N8O8S2. The zero-order valence-corrected chi connectivity index (χ0v) is 18.6. The maximum atomic E-state index is 12.9. The number of β-lactam (4-membered cyclic amide) rings is 1. The average Bonchev–Trinajstić information content (AvgIpc) is 3.36. The van der Waals surface area contributed by atoms with E-state index in [9.17, 15) is 32.5 Å². The van der Waals surface area contributed by atoms with Gasteiger partial charge in [0.1, 0.15) is 11.7 Å². The van der Waals surface area contributed by atoms with Crippen LogP contribution < -0.4 is 11.1 Å². The van der Waals surface area contributed by atoms with E-state index in [1.165, 1.54) is 36.3 Å². The van der Waals surface area contributed by atoms with Gasteiger partial charge in [0.15, 0.2) is 10.8 Å². The molecule has 1 aliphatic rings. The summed E-state index contributed by atoms with van der Waals surface area (Å²) in [6.07, 6.45) is 2.70. The van der Waals surface area contributed by atoms with E-state index in [1.807, 2.05) is 0 Å². The number of rotatable bonds is 9. The number of nitrogens with zero attached hydrogens (tertiary/aromatic N) is 6. The Morgan fingerprint density at radius 3 is 2.64 bits per heavy atom. The Balaban J connectivity index is 1.88. The second kappa shape index (κ2) is 8.71. The topological polar surface area (TPSA) is 232 Å². The second-order valence-electron chi connectivity index (χ2n) is 7.17. The molecule has 33 heavy (non-hydrogen) atoms. The van der Waals surface area contributed by atoms with Crippen LogP contribution in [0.3, 0.4) is 0 Å². The van der Waals surface area contributed by atoms with E-state index in [-0.39, 0.29) is 21.7 Å². The predicted molar refractivity (Wildman–Crippen MR) is 110 cm³/mol. The zero-order valence-electron chi connectivity index (χ0n) is 17.0. The summed E-state index contributed by atoms with van der Waals surface area (Å²) in [6.45, 7) is 2.16. The molecule has 0 radical (unpaired) electrons. The van der Waals surface area contributed by atoms with Crippen molar-refractivity contribution in [1.82, 2.24) is 29.6 Å². The number of carboxylic acids is 1. The molecule has 0 aromatic carbocycles. The smallest absolute Gasteiger partial charge is 0.362 e. The molecule has 3 heterocycles. The molecular weight excluding hydrogens is 484 g/mol. The zero-order chi connectivity index (χ0) is 24.6. The van der Waals surface area contributed by atoms with Crippen molar-refractivity contribution in [3.63, 3.8) is 0 Å². The second-order valence-corrected chi connectivity index (χ2v) is 9.35. The molecule has 2 aromatic rings. The van der Waals surface area contributed by atoms with Gasteiger partial charge in [-0.05, 0) is 13.8 Å². The third-order valence-corrected chi connectivity index (χ3v) is 6.03. The molecule has 5 N–H and O–H groups in total. The van der Waals surface area contributed by atoms with Crippen molar-refractivity contribution in [1.29, 1.82) is 0 Å². The number of nitrogens with two attached hydrogens (primary N) is 1. The van der Waals surface area contributed by atoms with E-state index in [2.05, 4.69) is 25.8 Å². The van der Waals surface area contributed by atoms with Crippen molar-refractivity contribution >= 4 is 50.3 Å². The van der Waals surface area contributed by atoms with Gasteiger partial charge in [0.05, 0.1) is 18.8 Å².